The summed E-state index contributed by atoms with van der Waals surface area (Å²) in [6.45, 7) is 4.88. The summed E-state index contributed by atoms with van der Waals surface area (Å²) in [6, 6.07) is 0. The minimum atomic E-state index is -0.194. The van der Waals surface area contributed by atoms with E-state index in [9.17, 15) is 9.59 Å². The fourth-order valence-electron chi connectivity index (χ4n) is 9.20. The average Bonchev–Trinajstić information content (AvgIpc) is 3.30. The molecule has 4 heteroatoms. The summed E-state index contributed by atoms with van der Waals surface area (Å²) in [5.74, 6) is 4.62. The molecule has 1 unspecified atom stereocenters. The second kappa shape index (κ2) is 5.45. The molecule has 0 amide bonds. The van der Waals surface area contributed by atoms with E-state index < -0.39 is 0 Å². The highest BCUT2D eigenvalue weighted by atomic mass is 35.5. The molecular formula is C24H31ClO3. The molecule has 0 aromatic carbocycles. The van der Waals surface area contributed by atoms with Gasteiger partial charge in [-0.1, -0.05) is 19.4 Å². The molecule has 3 nitrogen and oxygen atoms in total. The van der Waals surface area contributed by atoms with Gasteiger partial charge in [-0.25, -0.2) is 0 Å². The van der Waals surface area contributed by atoms with Crippen molar-refractivity contribution in [2.75, 3.05) is 5.88 Å². The number of halogens is 1. The van der Waals surface area contributed by atoms with E-state index in [2.05, 4.69) is 13.8 Å². The van der Waals surface area contributed by atoms with Crippen molar-refractivity contribution in [2.45, 2.75) is 70.8 Å². The summed E-state index contributed by atoms with van der Waals surface area (Å²) in [7, 11) is 0. The lowest BCUT2D eigenvalue weighted by Crippen LogP contribution is -2.59. The summed E-state index contributed by atoms with van der Waals surface area (Å²) in [5.41, 5.74) is 1.46. The van der Waals surface area contributed by atoms with Gasteiger partial charge in [0.2, 0.25) is 0 Å². The second-order valence-corrected chi connectivity index (χ2v) is 11.5. The number of allylic oxidation sites excluding steroid dienone is 1. The Kier molecular flexibility index (Phi) is 3.50. The van der Waals surface area contributed by atoms with Crippen LogP contribution in [0.4, 0.5) is 0 Å². The van der Waals surface area contributed by atoms with Crippen molar-refractivity contribution < 1.29 is 14.3 Å². The summed E-state index contributed by atoms with van der Waals surface area (Å²) >= 11 is 6.59. The Bertz CT molecular complexity index is 804. The van der Waals surface area contributed by atoms with Crippen LogP contribution < -0.4 is 0 Å². The quantitative estimate of drug-likeness (QED) is 0.462. The van der Waals surface area contributed by atoms with Crippen molar-refractivity contribution in [1.82, 2.24) is 0 Å². The van der Waals surface area contributed by atoms with Crippen LogP contribution in [0.2, 0.25) is 0 Å². The Labute approximate surface area is 172 Å². The Balaban J connectivity index is 1.44. The fraction of sp³-hybridized carbons (Fsp3) is 0.833. The highest BCUT2D eigenvalue weighted by Gasteiger charge is 2.79. The van der Waals surface area contributed by atoms with Crippen molar-refractivity contribution in [3.8, 4) is 0 Å². The van der Waals surface area contributed by atoms with Gasteiger partial charge in [-0.3, -0.25) is 9.59 Å². The largest absolute Gasteiger partial charge is 0.458 e. The van der Waals surface area contributed by atoms with Crippen LogP contribution in [0.15, 0.2) is 11.6 Å². The zero-order valence-electron chi connectivity index (χ0n) is 17.0. The molecule has 1 aliphatic heterocycles. The molecule has 28 heavy (non-hydrogen) atoms. The van der Waals surface area contributed by atoms with Gasteiger partial charge >= 0.3 is 5.97 Å². The Morgan fingerprint density at radius 3 is 2.68 bits per heavy atom. The van der Waals surface area contributed by atoms with Gasteiger partial charge in [0.1, 0.15) is 5.60 Å². The molecule has 4 saturated carbocycles. The number of rotatable bonds is 1. The lowest BCUT2D eigenvalue weighted by atomic mass is 9.43. The molecule has 0 radical (unpaired) electrons. The van der Waals surface area contributed by atoms with E-state index in [1.54, 1.807) is 0 Å². The van der Waals surface area contributed by atoms with E-state index in [1.807, 2.05) is 6.08 Å². The third kappa shape index (κ3) is 1.94. The topological polar surface area (TPSA) is 43.4 Å². The number of hydrogen-bond donors (Lipinski definition) is 0. The van der Waals surface area contributed by atoms with Crippen LogP contribution >= 0.6 is 11.6 Å². The Morgan fingerprint density at radius 1 is 1.14 bits per heavy atom. The Hall–Kier alpha value is -0.830. The highest BCUT2D eigenvalue weighted by Crippen LogP contribution is 2.79. The van der Waals surface area contributed by atoms with E-state index in [4.69, 9.17) is 16.3 Å². The van der Waals surface area contributed by atoms with Crippen LogP contribution in [0.3, 0.4) is 0 Å². The van der Waals surface area contributed by atoms with E-state index >= 15 is 0 Å². The average molecular weight is 403 g/mol. The minimum Gasteiger partial charge on any atom is -0.458 e. The van der Waals surface area contributed by atoms with Gasteiger partial charge < -0.3 is 4.74 Å². The maximum Gasteiger partial charge on any atom is 0.306 e. The zero-order valence-corrected chi connectivity index (χ0v) is 17.8. The lowest BCUT2D eigenvalue weighted by molar-refractivity contribution is -0.179. The fourth-order valence-corrected chi connectivity index (χ4v) is 9.51. The zero-order chi connectivity index (χ0) is 19.5. The number of carbonyl (C=O) groups excluding carboxylic acids is 2. The normalized spacial score (nSPS) is 56.5. The van der Waals surface area contributed by atoms with Crippen molar-refractivity contribution >= 4 is 23.4 Å². The molecule has 6 aliphatic rings. The molecule has 0 aromatic heterocycles. The molecule has 0 N–H and O–H groups in total. The van der Waals surface area contributed by atoms with Crippen molar-refractivity contribution in [3.05, 3.63) is 11.6 Å². The standard InChI is InChI=1S/C24H31ClO3/c1-22-6-3-15(26)10-14(22)9-13(12-25)20-17(22)4-7-23(2)21(20)16-11-18(16)24(23)8-5-19(27)28-24/h10,13,16-18,20-21H,3-9,11-12H2,1-2H3/t13-,16-,17-,18+,20-,21-,22+,23+,24?/m1/s1. The second-order valence-electron chi connectivity index (χ2n) is 11.2. The summed E-state index contributed by atoms with van der Waals surface area (Å²) in [4.78, 5) is 24.3. The third-order valence-corrected chi connectivity index (χ3v) is 10.9. The number of ketones is 1. The smallest absolute Gasteiger partial charge is 0.306 e. The van der Waals surface area contributed by atoms with Crippen molar-refractivity contribution in [2.24, 2.45) is 46.3 Å². The molecule has 1 saturated heterocycles. The van der Waals surface area contributed by atoms with Gasteiger partial charge in [-0.05, 0) is 79.6 Å². The maximum absolute atomic E-state index is 12.2. The monoisotopic (exact) mass is 402 g/mol. The summed E-state index contributed by atoms with van der Waals surface area (Å²) < 4.78 is 6.20. The van der Waals surface area contributed by atoms with E-state index in [0.29, 0.717) is 60.0 Å². The van der Waals surface area contributed by atoms with Crippen LogP contribution in [-0.2, 0) is 14.3 Å². The molecule has 1 heterocycles. The van der Waals surface area contributed by atoms with E-state index in [0.717, 1.165) is 25.7 Å². The molecule has 152 valence electrons. The molecule has 9 atom stereocenters. The highest BCUT2D eigenvalue weighted by molar-refractivity contribution is 6.18. The van der Waals surface area contributed by atoms with Crippen LogP contribution in [0.1, 0.15) is 65.2 Å². The Morgan fingerprint density at radius 2 is 1.96 bits per heavy atom. The minimum absolute atomic E-state index is 0.0233. The summed E-state index contributed by atoms with van der Waals surface area (Å²) in [6.07, 6.45) is 9.78. The van der Waals surface area contributed by atoms with Gasteiger partial charge in [-0.2, -0.15) is 0 Å². The molecule has 0 aromatic rings. The molecule has 6 rings (SSSR count). The number of alkyl halides is 1. The van der Waals surface area contributed by atoms with Gasteiger partial charge in [0.25, 0.3) is 0 Å². The van der Waals surface area contributed by atoms with E-state index in [-0.39, 0.29) is 22.4 Å². The SMILES string of the molecule is C[C@]12CCC(=O)C=C1C[C@H](CCl)[C@H]1[C@H]3[C@@H]4C[C@@H]4C4(CCC(=O)O4)[C@@]3(C)CC[C@H]12. The summed E-state index contributed by atoms with van der Waals surface area (Å²) in [5, 5.41) is 0. The van der Waals surface area contributed by atoms with Crippen molar-refractivity contribution in [3.63, 3.8) is 0 Å². The molecule has 0 bridgehead atoms. The molecule has 1 spiro atoms. The third-order valence-electron chi connectivity index (χ3n) is 10.5. The van der Waals surface area contributed by atoms with Crippen LogP contribution in [0, 0.1) is 46.3 Å². The first-order chi connectivity index (χ1) is 13.3. The first-order valence-corrected chi connectivity index (χ1v) is 11.9. The molecule has 5 fully saturated rings. The first kappa shape index (κ1) is 18.0. The van der Waals surface area contributed by atoms with Gasteiger partial charge in [-0.15, -0.1) is 11.6 Å². The van der Waals surface area contributed by atoms with Crippen LogP contribution in [0.25, 0.3) is 0 Å². The number of esters is 1. The number of hydrogen-bond acceptors (Lipinski definition) is 3. The first-order valence-electron chi connectivity index (χ1n) is 11.4. The number of ether oxygens (including phenoxy) is 1. The number of carbonyl (C=O) groups is 2. The van der Waals surface area contributed by atoms with Crippen LogP contribution in [-0.4, -0.2) is 23.2 Å². The van der Waals surface area contributed by atoms with Gasteiger partial charge in [0.15, 0.2) is 5.78 Å². The molecular weight excluding hydrogens is 372 g/mol. The van der Waals surface area contributed by atoms with Crippen molar-refractivity contribution in [1.29, 1.82) is 0 Å². The maximum atomic E-state index is 12.2. The van der Waals surface area contributed by atoms with Gasteiger partial charge in [0, 0.05) is 30.1 Å². The van der Waals surface area contributed by atoms with Gasteiger partial charge in [0.05, 0.1) is 0 Å². The van der Waals surface area contributed by atoms with E-state index in [1.165, 1.54) is 18.4 Å². The predicted octanol–water partition coefficient (Wildman–Crippen LogP) is 4.91. The number of fused-ring (bicyclic) bond motifs is 9. The molecule has 5 aliphatic carbocycles. The lowest BCUT2D eigenvalue weighted by Gasteiger charge is -2.62. The predicted molar refractivity (Wildman–Crippen MR) is 107 cm³/mol. The van der Waals surface area contributed by atoms with Crippen LogP contribution in [0.5, 0.6) is 0 Å².